The van der Waals surface area contributed by atoms with E-state index in [9.17, 15) is 18.0 Å². The first-order valence-corrected chi connectivity index (χ1v) is 6.61. The molecule has 0 bridgehead atoms. The average molecular weight is 344 g/mol. The van der Waals surface area contributed by atoms with E-state index in [1.807, 2.05) is 6.92 Å². The van der Waals surface area contributed by atoms with Crippen molar-refractivity contribution in [2.75, 3.05) is 17.2 Å². The molecule has 124 valence electrons. The van der Waals surface area contributed by atoms with Crippen LogP contribution in [0.1, 0.15) is 29.0 Å². The highest BCUT2D eigenvalue weighted by atomic mass is 32.1. The molecule has 1 aliphatic heterocycles. The van der Waals surface area contributed by atoms with Crippen LogP contribution in [-0.2, 0) is 6.18 Å². The van der Waals surface area contributed by atoms with E-state index in [1.54, 1.807) is 0 Å². The summed E-state index contributed by atoms with van der Waals surface area (Å²) in [5.41, 5.74) is 5.92. The van der Waals surface area contributed by atoms with Gasteiger partial charge in [0, 0.05) is 12.2 Å². The number of halogens is 3. The summed E-state index contributed by atoms with van der Waals surface area (Å²) in [5, 5.41) is 4.06. The van der Waals surface area contributed by atoms with Crippen LogP contribution in [0.2, 0.25) is 0 Å². The first kappa shape index (κ1) is 17.2. The molecule has 5 nitrogen and oxygen atoms in total. The topological polar surface area (TPSA) is 64.2 Å². The Hall–Kier alpha value is -2.16. The Labute approximate surface area is 137 Å². The highest BCUT2D eigenvalue weighted by molar-refractivity contribution is 7.59. The fourth-order valence-electron chi connectivity index (χ4n) is 2.54. The van der Waals surface area contributed by atoms with Gasteiger partial charge in [-0.2, -0.15) is 31.8 Å². The Balaban J connectivity index is 0.00000192. The highest BCUT2D eigenvalue weighted by Gasteiger charge is 2.34. The van der Waals surface area contributed by atoms with E-state index in [4.69, 9.17) is 5.73 Å². The molecule has 1 aromatic carbocycles. The summed E-state index contributed by atoms with van der Waals surface area (Å²) in [6.45, 7) is 2.18. The standard InChI is InChI=1S/C14H13F3N4O.H2S/c1-8-7-20(13(22)12-11(18)6-19-21(8)12)10-4-2-9(3-5-10)14(15,16)17;/h2-6,8H,7,18H2,1H3;1H2/t8-;/m0./s1. The number of aromatic nitrogens is 2. The summed E-state index contributed by atoms with van der Waals surface area (Å²) in [5.74, 6) is -0.368. The van der Waals surface area contributed by atoms with Gasteiger partial charge in [0.1, 0.15) is 5.69 Å². The Morgan fingerprint density at radius 2 is 1.87 bits per heavy atom. The number of hydrogen-bond acceptors (Lipinski definition) is 3. The molecule has 9 heteroatoms. The number of nitrogen functional groups attached to an aromatic ring is 1. The lowest BCUT2D eigenvalue weighted by Crippen LogP contribution is -2.42. The van der Waals surface area contributed by atoms with Crippen LogP contribution in [0.3, 0.4) is 0 Å². The number of fused-ring (bicyclic) bond motifs is 1. The van der Waals surface area contributed by atoms with Crippen molar-refractivity contribution in [3.05, 3.63) is 41.7 Å². The van der Waals surface area contributed by atoms with Gasteiger partial charge in [-0.3, -0.25) is 9.48 Å². The van der Waals surface area contributed by atoms with Crippen LogP contribution >= 0.6 is 13.5 Å². The van der Waals surface area contributed by atoms with Crippen molar-refractivity contribution in [1.82, 2.24) is 9.78 Å². The molecule has 0 aliphatic carbocycles. The Bertz CT molecular complexity index is 727. The van der Waals surface area contributed by atoms with Gasteiger partial charge in [0.05, 0.1) is 23.5 Å². The molecule has 0 unspecified atom stereocenters. The van der Waals surface area contributed by atoms with Crippen molar-refractivity contribution in [2.24, 2.45) is 0 Å². The predicted molar refractivity (Wildman–Crippen MR) is 84.9 cm³/mol. The molecule has 1 aliphatic rings. The van der Waals surface area contributed by atoms with Gasteiger partial charge in [0.25, 0.3) is 5.91 Å². The molecule has 2 N–H and O–H groups in total. The van der Waals surface area contributed by atoms with E-state index in [0.717, 1.165) is 12.1 Å². The minimum atomic E-state index is -4.40. The SMILES string of the molecule is C[C@H]1CN(c2ccc(C(F)(F)F)cc2)C(=O)c2c(N)cnn21.S. The normalized spacial score (nSPS) is 17.7. The Morgan fingerprint density at radius 3 is 2.43 bits per heavy atom. The second-order valence-electron chi connectivity index (χ2n) is 5.20. The molecule has 3 rings (SSSR count). The number of hydrogen-bond donors (Lipinski definition) is 1. The molecule has 1 amide bonds. The largest absolute Gasteiger partial charge is 0.416 e. The first-order chi connectivity index (χ1) is 10.3. The van der Waals surface area contributed by atoms with E-state index in [0.29, 0.717) is 12.2 Å². The number of carbonyl (C=O) groups excluding carboxylic acids is 1. The average Bonchev–Trinajstić information content (AvgIpc) is 2.85. The zero-order valence-electron chi connectivity index (χ0n) is 12.1. The lowest BCUT2D eigenvalue weighted by Gasteiger charge is -2.32. The van der Waals surface area contributed by atoms with Crippen LogP contribution in [-0.4, -0.2) is 22.2 Å². The van der Waals surface area contributed by atoms with Crippen LogP contribution < -0.4 is 10.6 Å². The maximum absolute atomic E-state index is 12.6. The molecular formula is C14H15F3N4OS. The number of anilines is 2. The molecule has 23 heavy (non-hydrogen) atoms. The predicted octanol–water partition coefficient (Wildman–Crippen LogP) is 2.82. The summed E-state index contributed by atoms with van der Waals surface area (Å²) in [6, 6.07) is 4.38. The lowest BCUT2D eigenvalue weighted by atomic mass is 10.1. The van der Waals surface area contributed by atoms with Gasteiger partial charge in [-0.1, -0.05) is 0 Å². The van der Waals surface area contributed by atoms with Crippen molar-refractivity contribution < 1.29 is 18.0 Å². The minimum Gasteiger partial charge on any atom is -0.396 e. The van der Waals surface area contributed by atoms with E-state index >= 15 is 0 Å². The van der Waals surface area contributed by atoms with Gasteiger partial charge >= 0.3 is 6.18 Å². The number of alkyl halides is 3. The number of amides is 1. The molecule has 0 fully saturated rings. The first-order valence-electron chi connectivity index (χ1n) is 6.61. The second-order valence-corrected chi connectivity index (χ2v) is 5.20. The third-order valence-electron chi connectivity index (χ3n) is 3.64. The van der Waals surface area contributed by atoms with Gasteiger partial charge in [-0.05, 0) is 31.2 Å². The maximum atomic E-state index is 12.6. The van der Waals surface area contributed by atoms with Gasteiger partial charge < -0.3 is 10.6 Å². The van der Waals surface area contributed by atoms with Gasteiger partial charge in [-0.15, -0.1) is 0 Å². The summed E-state index contributed by atoms with van der Waals surface area (Å²) >= 11 is 0. The number of nitrogens with zero attached hydrogens (tertiary/aromatic N) is 3. The van der Waals surface area contributed by atoms with E-state index in [2.05, 4.69) is 5.10 Å². The second kappa shape index (κ2) is 5.80. The smallest absolute Gasteiger partial charge is 0.396 e. The minimum absolute atomic E-state index is 0. The third-order valence-corrected chi connectivity index (χ3v) is 3.64. The van der Waals surface area contributed by atoms with E-state index < -0.39 is 11.7 Å². The summed E-state index contributed by atoms with van der Waals surface area (Å²) in [7, 11) is 0. The Morgan fingerprint density at radius 1 is 1.26 bits per heavy atom. The zero-order valence-corrected chi connectivity index (χ0v) is 13.1. The number of carbonyl (C=O) groups is 1. The van der Waals surface area contributed by atoms with Crippen molar-refractivity contribution in [1.29, 1.82) is 0 Å². The third kappa shape index (κ3) is 2.88. The molecule has 2 heterocycles. The fourth-order valence-corrected chi connectivity index (χ4v) is 2.54. The van der Waals surface area contributed by atoms with Gasteiger partial charge in [-0.25, -0.2) is 0 Å². The summed E-state index contributed by atoms with van der Waals surface area (Å²) in [6.07, 6.45) is -3.00. The molecule has 0 spiro atoms. The quantitative estimate of drug-likeness (QED) is 0.865. The van der Waals surface area contributed by atoms with Crippen molar-refractivity contribution in [3.8, 4) is 0 Å². The van der Waals surface area contributed by atoms with Gasteiger partial charge in [0.15, 0.2) is 0 Å². The van der Waals surface area contributed by atoms with Crippen LogP contribution in [0.5, 0.6) is 0 Å². The van der Waals surface area contributed by atoms with E-state index in [-0.39, 0.29) is 36.8 Å². The fraction of sp³-hybridized carbons (Fsp3) is 0.286. The zero-order chi connectivity index (χ0) is 16.1. The molecule has 0 radical (unpaired) electrons. The monoisotopic (exact) mass is 344 g/mol. The van der Waals surface area contributed by atoms with Crippen molar-refractivity contribution >= 4 is 30.8 Å². The summed E-state index contributed by atoms with van der Waals surface area (Å²) in [4.78, 5) is 13.9. The van der Waals surface area contributed by atoms with Crippen LogP contribution in [0.25, 0.3) is 0 Å². The van der Waals surface area contributed by atoms with E-state index in [1.165, 1.54) is 27.9 Å². The molecule has 1 aromatic heterocycles. The molecule has 0 saturated carbocycles. The highest BCUT2D eigenvalue weighted by Crippen LogP contribution is 2.33. The lowest BCUT2D eigenvalue weighted by molar-refractivity contribution is -0.137. The molecule has 2 aromatic rings. The Kier molecular flexibility index (Phi) is 4.34. The van der Waals surface area contributed by atoms with Crippen molar-refractivity contribution in [3.63, 3.8) is 0 Å². The molecule has 1 atom stereocenters. The van der Waals surface area contributed by atoms with Crippen LogP contribution in [0.4, 0.5) is 24.5 Å². The molecule has 0 saturated heterocycles. The number of nitrogens with two attached hydrogens (primary N) is 1. The number of rotatable bonds is 1. The summed E-state index contributed by atoms with van der Waals surface area (Å²) < 4.78 is 39.3. The maximum Gasteiger partial charge on any atom is 0.416 e. The van der Waals surface area contributed by atoms with Crippen LogP contribution in [0, 0.1) is 0 Å². The molecular weight excluding hydrogens is 329 g/mol. The van der Waals surface area contributed by atoms with Gasteiger partial charge in [0.2, 0.25) is 0 Å². The van der Waals surface area contributed by atoms with Crippen LogP contribution in [0.15, 0.2) is 30.5 Å². The van der Waals surface area contributed by atoms with Crippen molar-refractivity contribution in [2.45, 2.75) is 19.1 Å². The number of benzene rings is 1.